The molecule has 0 aromatic carbocycles. The lowest BCUT2D eigenvalue weighted by atomic mass is 10.1. The molecule has 1 N–H and O–H groups in total. The molecule has 0 aliphatic rings. The molecule has 0 aliphatic heterocycles. The molecular weight excluding hydrogens is 274 g/mol. The Bertz CT molecular complexity index is 707. The number of pyridine rings is 1. The van der Waals surface area contributed by atoms with Gasteiger partial charge in [-0.3, -0.25) is 5.10 Å². The summed E-state index contributed by atoms with van der Waals surface area (Å²) in [7, 11) is 3.17. The van der Waals surface area contributed by atoms with Gasteiger partial charge in [-0.1, -0.05) is 6.07 Å². The average molecular weight is 287 g/mol. The van der Waals surface area contributed by atoms with E-state index in [0.29, 0.717) is 11.8 Å². The summed E-state index contributed by atoms with van der Waals surface area (Å²) in [4.78, 5) is 5.43. The van der Waals surface area contributed by atoms with E-state index in [1.165, 1.54) is 0 Å². The van der Waals surface area contributed by atoms with Crippen LogP contribution < -0.4 is 9.47 Å². The molecule has 102 valence electrons. The predicted molar refractivity (Wildman–Crippen MR) is 78.2 cm³/mol. The molecule has 0 saturated carbocycles. The number of methoxy groups -OCH3 is 2. The average Bonchev–Trinajstić information content (AvgIpc) is 3.16. The van der Waals surface area contributed by atoms with E-state index in [-0.39, 0.29) is 0 Å². The third-order valence-electron chi connectivity index (χ3n) is 2.93. The topological polar surface area (TPSA) is 60.0 Å². The number of H-pyrrole nitrogens is 1. The monoisotopic (exact) mass is 287 g/mol. The minimum atomic E-state index is 0.517. The van der Waals surface area contributed by atoms with Crippen LogP contribution in [0.1, 0.15) is 0 Å². The van der Waals surface area contributed by atoms with Crippen LogP contribution in [0.15, 0.2) is 35.8 Å². The lowest BCUT2D eigenvalue weighted by molar-refractivity contribution is 0.366. The number of hydrogen-bond acceptors (Lipinski definition) is 5. The lowest BCUT2D eigenvalue weighted by Crippen LogP contribution is -1.95. The summed E-state index contributed by atoms with van der Waals surface area (Å²) in [6.45, 7) is 0. The van der Waals surface area contributed by atoms with Gasteiger partial charge in [-0.15, -0.1) is 11.3 Å². The van der Waals surface area contributed by atoms with E-state index in [1.54, 1.807) is 31.8 Å². The van der Waals surface area contributed by atoms with Gasteiger partial charge < -0.3 is 9.47 Å². The van der Waals surface area contributed by atoms with Crippen LogP contribution in [0.3, 0.4) is 0 Å². The van der Waals surface area contributed by atoms with E-state index in [9.17, 15) is 0 Å². The number of hydrogen-bond donors (Lipinski definition) is 1. The molecular formula is C14H13N3O2S. The lowest BCUT2D eigenvalue weighted by Gasteiger charge is -2.08. The molecule has 0 aliphatic carbocycles. The van der Waals surface area contributed by atoms with Gasteiger partial charge in [0.2, 0.25) is 11.8 Å². The highest BCUT2D eigenvalue weighted by Gasteiger charge is 2.16. The Morgan fingerprint density at radius 3 is 2.70 bits per heavy atom. The standard InChI is InChI=1S/C14H13N3O2S/c1-18-12-6-5-9(14(16-12)19-2)10-8-15-17-13(10)11-4-3-7-20-11/h3-8H,1-2H3,(H,15,17). The second-order valence-electron chi connectivity index (χ2n) is 4.05. The highest BCUT2D eigenvalue weighted by Crippen LogP contribution is 2.37. The summed E-state index contributed by atoms with van der Waals surface area (Å²) in [5.41, 5.74) is 2.80. The Morgan fingerprint density at radius 1 is 1.10 bits per heavy atom. The summed E-state index contributed by atoms with van der Waals surface area (Å²) in [6, 6.07) is 7.79. The van der Waals surface area contributed by atoms with Crippen molar-refractivity contribution in [3.8, 4) is 33.5 Å². The molecule has 3 aromatic rings. The first-order valence-electron chi connectivity index (χ1n) is 6.00. The Hall–Kier alpha value is -2.34. The first-order chi connectivity index (χ1) is 9.83. The molecule has 0 unspecified atom stereocenters. The summed E-state index contributed by atoms with van der Waals surface area (Å²) in [6.07, 6.45) is 1.78. The van der Waals surface area contributed by atoms with Crippen molar-refractivity contribution < 1.29 is 9.47 Å². The predicted octanol–water partition coefficient (Wildman–Crippen LogP) is 3.22. The Morgan fingerprint density at radius 2 is 2.00 bits per heavy atom. The van der Waals surface area contributed by atoms with Crippen molar-refractivity contribution in [2.75, 3.05) is 14.2 Å². The van der Waals surface area contributed by atoms with Gasteiger partial charge in [0.15, 0.2) is 0 Å². The van der Waals surface area contributed by atoms with E-state index in [1.807, 2.05) is 29.6 Å². The van der Waals surface area contributed by atoms with Gasteiger partial charge in [0.05, 0.1) is 31.0 Å². The maximum absolute atomic E-state index is 5.35. The zero-order chi connectivity index (χ0) is 13.9. The van der Waals surface area contributed by atoms with Crippen LogP contribution in [-0.2, 0) is 0 Å². The number of nitrogens with one attached hydrogen (secondary N) is 1. The fraction of sp³-hybridized carbons (Fsp3) is 0.143. The summed E-state index contributed by atoms with van der Waals surface area (Å²) >= 11 is 1.65. The molecule has 0 amide bonds. The third-order valence-corrected chi connectivity index (χ3v) is 3.82. The van der Waals surface area contributed by atoms with Gasteiger partial charge in [0.1, 0.15) is 0 Å². The van der Waals surface area contributed by atoms with Crippen LogP contribution in [0.4, 0.5) is 0 Å². The van der Waals surface area contributed by atoms with Gasteiger partial charge in [0, 0.05) is 17.2 Å². The largest absolute Gasteiger partial charge is 0.481 e. The second-order valence-corrected chi connectivity index (χ2v) is 4.99. The smallest absolute Gasteiger partial charge is 0.224 e. The molecule has 0 fully saturated rings. The van der Waals surface area contributed by atoms with Crippen LogP contribution in [0.25, 0.3) is 21.7 Å². The van der Waals surface area contributed by atoms with Gasteiger partial charge in [0.25, 0.3) is 0 Å². The molecule has 0 atom stereocenters. The van der Waals surface area contributed by atoms with Crippen LogP contribution in [0.2, 0.25) is 0 Å². The fourth-order valence-electron chi connectivity index (χ4n) is 2.00. The highest BCUT2D eigenvalue weighted by molar-refractivity contribution is 7.13. The Labute approximate surface area is 120 Å². The van der Waals surface area contributed by atoms with Crippen molar-refractivity contribution >= 4 is 11.3 Å². The number of aromatic nitrogens is 3. The first-order valence-corrected chi connectivity index (χ1v) is 6.88. The molecule has 3 heterocycles. The maximum atomic E-state index is 5.35. The minimum absolute atomic E-state index is 0.517. The normalized spacial score (nSPS) is 10.5. The molecule has 0 spiro atoms. The van der Waals surface area contributed by atoms with Crippen LogP contribution in [0.5, 0.6) is 11.8 Å². The number of nitrogens with zero attached hydrogens (tertiary/aromatic N) is 2. The van der Waals surface area contributed by atoms with E-state index >= 15 is 0 Å². The van der Waals surface area contributed by atoms with Crippen molar-refractivity contribution in [2.45, 2.75) is 0 Å². The van der Waals surface area contributed by atoms with Gasteiger partial charge in [-0.2, -0.15) is 10.1 Å². The molecule has 0 bridgehead atoms. The molecule has 0 radical (unpaired) electrons. The highest BCUT2D eigenvalue weighted by atomic mass is 32.1. The molecule has 5 nitrogen and oxygen atoms in total. The van der Waals surface area contributed by atoms with Crippen molar-refractivity contribution in [2.24, 2.45) is 0 Å². The summed E-state index contributed by atoms with van der Waals surface area (Å²) in [5, 5.41) is 9.20. The van der Waals surface area contributed by atoms with E-state index in [0.717, 1.165) is 21.7 Å². The Balaban J connectivity index is 2.12. The van der Waals surface area contributed by atoms with Crippen LogP contribution in [0, 0.1) is 0 Å². The molecule has 0 saturated heterocycles. The van der Waals surface area contributed by atoms with Gasteiger partial charge in [-0.05, 0) is 17.5 Å². The number of aromatic amines is 1. The van der Waals surface area contributed by atoms with E-state index in [4.69, 9.17) is 9.47 Å². The van der Waals surface area contributed by atoms with Crippen molar-refractivity contribution in [1.29, 1.82) is 0 Å². The number of rotatable bonds is 4. The fourth-order valence-corrected chi connectivity index (χ4v) is 2.73. The molecule has 3 rings (SSSR count). The van der Waals surface area contributed by atoms with Crippen LogP contribution in [-0.4, -0.2) is 29.4 Å². The first kappa shape index (κ1) is 12.7. The second kappa shape index (κ2) is 5.34. The van der Waals surface area contributed by atoms with Crippen molar-refractivity contribution in [3.05, 3.63) is 35.8 Å². The van der Waals surface area contributed by atoms with Crippen molar-refractivity contribution in [3.63, 3.8) is 0 Å². The zero-order valence-corrected chi connectivity index (χ0v) is 11.9. The third kappa shape index (κ3) is 2.14. The van der Waals surface area contributed by atoms with Crippen molar-refractivity contribution in [1.82, 2.24) is 15.2 Å². The quantitative estimate of drug-likeness (QED) is 0.800. The summed E-state index contributed by atoms with van der Waals surface area (Å²) in [5.74, 6) is 1.04. The number of thiophene rings is 1. The Kier molecular flexibility index (Phi) is 3.39. The van der Waals surface area contributed by atoms with Crippen LogP contribution >= 0.6 is 11.3 Å². The molecule has 3 aromatic heterocycles. The maximum Gasteiger partial charge on any atom is 0.224 e. The molecule has 6 heteroatoms. The summed E-state index contributed by atoms with van der Waals surface area (Å²) < 4.78 is 10.5. The number of ether oxygens (including phenoxy) is 2. The van der Waals surface area contributed by atoms with E-state index < -0.39 is 0 Å². The zero-order valence-electron chi connectivity index (χ0n) is 11.1. The minimum Gasteiger partial charge on any atom is -0.481 e. The molecule has 20 heavy (non-hydrogen) atoms. The van der Waals surface area contributed by atoms with Gasteiger partial charge in [-0.25, -0.2) is 0 Å². The van der Waals surface area contributed by atoms with Gasteiger partial charge >= 0.3 is 0 Å². The SMILES string of the molecule is COc1ccc(-c2cn[nH]c2-c2cccs2)c(OC)n1. The van der Waals surface area contributed by atoms with E-state index in [2.05, 4.69) is 15.2 Å².